The molecule has 9 saturated carbocycles. The van der Waals surface area contributed by atoms with Crippen molar-refractivity contribution in [1.82, 2.24) is 0 Å². The SMILES string of the molecule is CC(C)C1CC1.CC(C)C1CCC1.CC(C)C1CCCC1.CC(C)C1CCCCC1.CC(C)C1CCCCCC1.CCCON=C1CCC(C(C)C)CC1.CCON=C1CCC(C(C)C)CC1.COC1CCC(C(C)C)CC1.CON=C1CCC(C(C)C)CC1. The Labute approximate surface area is 565 Å². The minimum Gasteiger partial charge on any atom is -0.399 e. The summed E-state index contributed by atoms with van der Waals surface area (Å²) in [5, 5.41) is 12.3. The third kappa shape index (κ3) is 42.7. The molecule has 0 unspecified atom stereocenters. The van der Waals surface area contributed by atoms with Crippen molar-refractivity contribution < 1.29 is 19.2 Å². The summed E-state index contributed by atoms with van der Waals surface area (Å²) in [6.45, 7) is 47.5. The minimum atomic E-state index is 0.560. The first-order valence-corrected chi connectivity index (χ1v) is 39.9. The summed E-state index contributed by atoms with van der Waals surface area (Å²) in [6.07, 6.45) is 51.4. The van der Waals surface area contributed by atoms with E-state index in [1.807, 2.05) is 14.0 Å². The van der Waals surface area contributed by atoms with E-state index < -0.39 is 0 Å². The molecule has 0 radical (unpaired) electrons. The van der Waals surface area contributed by atoms with Gasteiger partial charge in [0, 0.05) is 7.11 Å². The van der Waals surface area contributed by atoms with Crippen LogP contribution in [-0.2, 0) is 19.2 Å². The van der Waals surface area contributed by atoms with Gasteiger partial charge in [0.1, 0.15) is 20.3 Å². The topological polar surface area (TPSA) is 74.0 Å². The van der Waals surface area contributed by atoms with E-state index in [0.717, 1.165) is 158 Å². The third-order valence-electron chi connectivity index (χ3n) is 23.1. The van der Waals surface area contributed by atoms with Gasteiger partial charge in [0.15, 0.2) is 0 Å². The molecule has 0 aromatic rings. The van der Waals surface area contributed by atoms with Crippen LogP contribution in [0.15, 0.2) is 15.5 Å². The first kappa shape index (κ1) is 86.4. The molecule has 0 aliphatic heterocycles. The fourth-order valence-corrected chi connectivity index (χ4v) is 15.0. The molecular weight excluding hydrogens is 1100 g/mol. The van der Waals surface area contributed by atoms with Gasteiger partial charge in [-0.15, -0.1) is 0 Å². The van der Waals surface area contributed by atoms with Gasteiger partial charge < -0.3 is 19.2 Å². The molecular formula is C83H163N3O4. The summed E-state index contributed by atoms with van der Waals surface area (Å²) in [5.74, 6) is 17.1. The van der Waals surface area contributed by atoms with E-state index in [4.69, 9.17) is 19.2 Å². The first-order valence-electron chi connectivity index (χ1n) is 39.9. The maximum absolute atomic E-state index is 5.32. The van der Waals surface area contributed by atoms with E-state index in [-0.39, 0.29) is 0 Å². The zero-order valence-electron chi connectivity index (χ0n) is 65.0. The van der Waals surface area contributed by atoms with Crippen molar-refractivity contribution in [2.75, 3.05) is 27.4 Å². The molecule has 7 nitrogen and oxygen atoms in total. The van der Waals surface area contributed by atoms with E-state index in [9.17, 15) is 0 Å². The number of hydrogen-bond donors (Lipinski definition) is 0. The predicted molar refractivity (Wildman–Crippen MR) is 399 cm³/mol. The van der Waals surface area contributed by atoms with Crippen molar-refractivity contribution in [2.45, 2.75) is 382 Å². The number of ether oxygens (including phenoxy) is 1. The highest BCUT2D eigenvalue weighted by atomic mass is 16.6. The summed E-state index contributed by atoms with van der Waals surface area (Å²) in [6, 6.07) is 0. The van der Waals surface area contributed by atoms with E-state index >= 15 is 0 Å². The lowest BCUT2D eigenvalue weighted by Gasteiger charge is -2.29. The van der Waals surface area contributed by atoms with Gasteiger partial charge in [-0.1, -0.05) is 263 Å². The van der Waals surface area contributed by atoms with Crippen molar-refractivity contribution in [2.24, 2.45) is 122 Å². The van der Waals surface area contributed by atoms with Gasteiger partial charge in [-0.2, -0.15) is 0 Å². The molecule has 9 aliphatic rings. The molecule has 0 bridgehead atoms. The molecule has 0 heterocycles. The van der Waals surface area contributed by atoms with Crippen molar-refractivity contribution in [3.63, 3.8) is 0 Å². The average molecular weight is 1270 g/mol. The molecule has 7 heteroatoms. The van der Waals surface area contributed by atoms with Crippen LogP contribution < -0.4 is 0 Å². The van der Waals surface area contributed by atoms with Crippen molar-refractivity contribution in [1.29, 1.82) is 0 Å². The molecule has 0 saturated heterocycles. The second kappa shape index (κ2) is 53.5. The Morgan fingerprint density at radius 3 is 0.744 bits per heavy atom. The summed E-state index contributed by atoms with van der Waals surface area (Å²) in [7, 11) is 3.46. The van der Waals surface area contributed by atoms with Gasteiger partial charge in [0.05, 0.1) is 23.2 Å². The van der Waals surface area contributed by atoms with E-state index in [1.54, 1.807) is 7.11 Å². The summed E-state index contributed by atoms with van der Waals surface area (Å²) < 4.78 is 5.32. The number of hydrogen-bond acceptors (Lipinski definition) is 7. The molecule has 90 heavy (non-hydrogen) atoms. The minimum absolute atomic E-state index is 0.560. The quantitative estimate of drug-likeness (QED) is 0.0877. The van der Waals surface area contributed by atoms with Gasteiger partial charge in [-0.3, -0.25) is 0 Å². The van der Waals surface area contributed by atoms with Crippen molar-refractivity contribution in [3.8, 4) is 0 Å². The van der Waals surface area contributed by atoms with Crippen LogP contribution in [0.25, 0.3) is 0 Å². The van der Waals surface area contributed by atoms with Crippen LogP contribution in [0.1, 0.15) is 376 Å². The molecule has 0 aromatic heterocycles. The lowest BCUT2D eigenvalue weighted by molar-refractivity contribution is 0.0495. The zero-order chi connectivity index (χ0) is 67.2. The smallest absolute Gasteiger partial charge is 0.116 e. The molecule has 534 valence electrons. The monoisotopic (exact) mass is 1270 g/mol. The standard InChI is InChI=1S/C12H23NO.C11H21NO.C10H19NO.C10H20O.C10H20.C9H18.C8H16.C7H14.C6H12/c1-4-9-14-13-12-7-5-11(6-8-12)10(2)3;1-4-13-12-11-7-5-10(6-8-11)9(2)3;1-8(2)9-4-6-10(7-5-9)11-12-3;1-8(2)9-4-6-10(11-3)7-5-9;1-9(2)10-7-5-3-4-6-8-10;1-8(2)9-6-4-3-5-7-9;1-7(2)8-5-3-4-6-8;1-6(2)7-4-3-5-7;1-5(2)6-3-4-6/h10-11H,4-9H2,1-3H3;9-10H,4-8H2,1-3H3;8-9H,4-7H2,1-3H3;8-10H,4-7H2,1-3H3;9-10H,3-8H2,1-2H3;8-9H,3-7H2,1-2H3;7-8H,3-6H2,1-2H3;6-7H,3-5H2,1-2H3;5-6H,3-4H2,1-2H3. The number of oxime groups is 3. The second-order valence-corrected chi connectivity index (χ2v) is 33.1. The van der Waals surface area contributed by atoms with Crippen molar-refractivity contribution in [3.05, 3.63) is 0 Å². The van der Waals surface area contributed by atoms with Crippen LogP contribution in [0.5, 0.6) is 0 Å². The Hall–Kier alpha value is -1.63. The van der Waals surface area contributed by atoms with Crippen LogP contribution in [-0.4, -0.2) is 50.7 Å². The molecule has 0 spiro atoms. The normalized spacial score (nSPS) is 24.3. The van der Waals surface area contributed by atoms with Crippen LogP contribution in [0.4, 0.5) is 0 Å². The number of methoxy groups -OCH3 is 1. The Morgan fingerprint density at radius 2 is 0.511 bits per heavy atom. The van der Waals surface area contributed by atoms with Crippen LogP contribution >= 0.6 is 0 Å². The zero-order valence-corrected chi connectivity index (χ0v) is 65.0. The van der Waals surface area contributed by atoms with Gasteiger partial charge in [0.2, 0.25) is 0 Å². The van der Waals surface area contributed by atoms with Gasteiger partial charge in [-0.25, -0.2) is 0 Å². The lowest BCUT2D eigenvalue weighted by atomic mass is 9.78. The number of nitrogens with zero attached hydrogens (tertiary/aromatic N) is 3. The van der Waals surface area contributed by atoms with Crippen molar-refractivity contribution >= 4 is 17.1 Å². The summed E-state index contributed by atoms with van der Waals surface area (Å²) in [4.78, 5) is 15.0. The molecule has 0 aromatic carbocycles. The average Bonchev–Trinajstić information content (AvgIpc) is 4.47. The van der Waals surface area contributed by atoms with Gasteiger partial charge >= 0.3 is 0 Å². The molecule has 9 rings (SSSR count). The Kier molecular flexibility index (Phi) is 51.4. The van der Waals surface area contributed by atoms with E-state index in [2.05, 4.69) is 147 Å². The van der Waals surface area contributed by atoms with E-state index in [1.165, 1.54) is 210 Å². The maximum Gasteiger partial charge on any atom is 0.116 e. The highest BCUT2D eigenvalue weighted by Gasteiger charge is 2.26. The Balaban J connectivity index is 0.000000511. The molecule has 0 N–H and O–H groups in total. The Bertz CT molecular complexity index is 1670. The number of rotatable bonds is 16. The first-order chi connectivity index (χ1) is 43.0. The predicted octanol–water partition coefficient (Wildman–Crippen LogP) is 26.7. The van der Waals surface area contributed by atoms with Crippen LogP contribution in [0.2, 0.25) is 0 Å². The summed E-state index contributed by atoms with van der Waals surface area (Å²) >= 11 is 0. The molecule has 9 fully saturated rings. The largest absolute Gasteiger partial charge is 0.399 e. The fraction of sp³-hybridized carbons (Fsp3) is 0.964. The van der Waals surface area contributed by atoms with Crippen LogP contribution in [0.3, 0.4) is 0 Å². The second-order valence-electron chi connectivity index (χ2n) is 33.1. The molecule has 9 aliphatic carbocycles. The highest BCUT2D eigenvalue weighted by Crippen LogP contribution is 2.37. The van der Waals surface area contributed by atoms with Gasteiger partial charge in [0.25, 0.3) is 0 Å². The molecule has 0 amide bonds. The van der Waals surface area contributed by atoms with E-state index in [0.29, 0.717) is 12.7 Å². The van der Waals surface area contributed by atoms with Gasteiger partial charge in [-0.05, 0) is 235 Å². The van der Waals surface area contributed by atoms with Crippen LogP contribution in [0, 0.1) is 107 Å². The lowest BCUT2D eigenvalue weighted by Crippen LogP contribution is -2.23. The maximum atomic E-state index is 5.32. The summed E-state index contributed by atoms with van der Waals surface area (Å²) in [5.41, 5.74) is 3.78. The molecule has 0 atom stereocenters. The highest BCUT2D eigenvalue weighted by molar-refractivity contribution is 5.85. The third-order valence-corrected chi connectivity index (χ3v) is 23.1. The fourth-order valence-electron chi connectivity index (χ4n) is 15.0. The Morgan fingerprint density at radius 1 is 0.278 bits per heavy atom.